The van der Waals surface area contributed by atoms with Gasteiger partial charge in [-0.25, -0.2) is 4.98 Å². The van der Waals surface area contributed by atoms with Crippen LogP contribution in [0.25, 0.3) is 0 Å². The third kappa shape index (κ3) is 4.23. The first-order valence-electron chi connectivity index (χ1n) is 7.15. The molecular weight excluding hydrogens is 238 g/mol. The topological polar surface area (TPSA) is 68.0 Å². The van der Waals surface area contributed by atoms with E-state index < -0.39 is 5.91 Å². The van der Waals surface area contributed by atoms with Crippen molar-refractivity contribution in [3.8, 4) is 0 Å². The number of rotatable bonds is 5. The number of hydrogen-bond acceptors (Lipinski definition) is 3. The fraction of sp³-hybridized carbons (Fsp3) is 0.600. The van der Waals surface area contributed by atoms with Crippen LogP contribution in [0.4, 0.5) is 5.82 Å². The summed E-state index contributed by atoms with van der Waals surface area (Å²) in [6.07, 6.45) is 8.20. The second-order valence-corrected chi connectivity index (χ2v) is 5.65. The van der Waals surface area contributed by atoms with E-state index in [0.29, 0.717) is 5.56 Å². The standard InChI is InChI=1S/C15H23N3O/c1-11-3-2-4-12(9-11)7-8-17-14-6-5-13(10-18-14)15(16)19/h5-6,10-12H,2-4,7-9H2,1H3,(H2,16,19)(H,17,18). The van der Waals surface area contributed by atoms with Gasteiger partial charge in [-0.3, -0.25) is 4.79 Å². The summed E-state index contributed by atoms with van der Waals surface area (Å²) in [4.78, 5) is 15.1. The highest BCUT2D eigenvalue weighted by Gasteiger charge is 2.18. The van der Waals surface area contributed by atoms with Gasteiger partial charge in [0.05, 0.1) is 5.56 Å². The molecule has 0 aromatic carbocycles. The van der Waals surface area contributed by atoms with Gasteiger partial charge in [0.15, 0.2) is 0 Å². The van der Waals surface area contributed by atoms with Crippen LogP contribution in [0.15, 0.2) is 18.3 Å². The van der Waals surface area contributed by atoms with Crippen molar-refractivity contribution in [2.45, 2.75) is 39.0 Å². The smallest absolute Gasteiger partial charge is 0.250 e. The first-order valence-corrected chi connectivity index (χ1v) is 7.15. The average molecular weight is 261 g/mol. The van der Waals surface area contributed by atoms with Crippen LogP contribution in [0.3, 0.4) is 0 Å². The van der Waals surface area contributed by atoms with Crippen LogP contribution in [-0.2, 0) is 0 Å². The lowest BCUT2D eigenvalue weighted by atomic mass is 9.81. The van der Waals surface area contributed by atoms with E-state index in [4.69, 9.17) is 5.73 Å². The lowest BCUT2D eigenvalue weighted by molar-refractivity contribution is 0.1000. The predicted octanol–water partition coefficient (Wildman–Crippen LogP) is 2.81. The summed E-state index contributed by atoms with van der Waals surface area (Å²) in [6, 6.07) is 3.52. The quantitative estimate of drug-likeness (QED) is 0.856. The summed E-state index contributed by atoms with van der Waals surface area (Å²) in [5.74, 6) is 2.11. The maximum atomic E-state index is 10.9. The Bertz CT molecular complexity index is 416. The normalized spacial score (nSPS) is 23.0. The van der Waals surface area contributed by atoms with E-state index in [1.165, 1.54) is 38.3 Å². The molecule has 1 aromatic rings. The van der Waals surface area contributed by atoms with Gasteiger partial charge in [0.25, 0.3) is 0 Å². The van der Waals surface area contributed by atoms with Crippen LogP contribution in [0, 0.1) is 11.8 Å². The molecule has 3 N–H and O–H groups in total. The predicted molar refractivity (Wildman–Crippen MR) is 77.0 cm³/mol. The molecule has 104 valence electrons. The highest BCUT2D eigenvalue weighted by atomic mass is 16.1. The molecule has 1 saturated carbocycles. The zero-order valence-electron chi connectivity index (χ0n) is 11.6. The minimum absolute atomic E-state index is 0.435. The highest BCUT2D eigenvalue weighted by Crippen LogP contribution is 2.30. The molecule has 0 saturated heterocycles. The molecule has 0 bridgehead atoms. The van der Waals surface area contributed by atoms with Gasteiger partial charge in [-0.05, 0) is 36.8 Å². The Labute approximate surface area is 114 Å². The summed E-state index contributed by atoms with van der Waals surface area (Å²) in [5, 5.41) is 3.31. The molecule has 0 aliphatic heterocycles. The SMILES string of the molecule is CC1CCCC(CCNc2ccc(C(N)=O)cn2)C1. The number of anilines is 1. The third-order valence-corrected chi connectivity index (χ3v) is 3.95. The van der Waals surface area contributed by atoms with Gasteiger partial charge in [0.1, 0.15) is 5.82 Å². The first-order chi connectivity index (χ1) is 9.15. The largest absolute Gasteiger partial charge is 0.370 e. The number of amides is 1. The molecule has 2 unspecified atom stereocenters. The highest BCUT2D eigenvalue weighted by molar-refractivity contribution is 5.92. The molecule has 1 aliphatic rings. The zero-order chi connectivity index (χ0) is 13.7. The molecule has 4 heteroatoms. The number of nitrogens with one attached hydrogen (secondary N) is 1. The minimum atomic E-state index is -0.435. The average Bonchev–Trinajstić information content (AvgIpc) is 2.39. The van der Waals surface area contributed by atoms with Crippen LogP contribution in [0.1, 0.15) is 49.4 Å². The lowest BCUT2D eigenvalue weighted by Crippen LogP contribution is -2.17. The van der Waals surface area contributed by atoms with E-state index in [1.807, 2.05) is 6.07 Å². The first kappa shape index (κ1) is 13.8. The third-order valence-electron chi connectivity index (χ3n) is 3.95. The fourth-order valence-electron chi connectivity index (χ4n) is 2.87. The molecule has 1 fully saturated rings. The maximum Gasteiger partial charge on any atom is 0.250 e. The molecule has 0 spiro atoms. The van der Waals surface area contributed by atoms with E-state index in [1.54, 1.807) is 6.07 Å². The molecule has 1 aromatic heterocycles. The van der Waals surface area contributed by atoms with Crippen LogP contribution < -0.4 is 11.1 Å². The van der Waals surface area contributed by atoms with Crippen molar-refractivity contribution in [1.82, 2.24) is 4.98 Å². The lowest BCUT2D eigenvalue weighted by Gasteiger charge is -2.26. The summed E-state index contributed by atoms with van der Waals surface area (Å²) in [6.45, 7) is 3.30. The summed E-state index contributed by atoms with van der Waals surface area (Å²) in [5.41, 5.74) is 5.63. The van der Waals surface area contributed by atoms with E-state index in [2.05, 4.69) is 17.2 Å². The number of nitrogens with two attached hydrogens (primary N) is 1. The molecule has 1 amide bonds. The molecule has 0 radical (unpaired) electrons. The van der Waals surface area contributed by atoms with Crippen LogP contribution in [0.5, 0.6) is 0 Å². The van der Waals surface area contributed by atoms with Gasteiger partial charge in [0, 0.05) is 12.7 Å². The molecule has 1 aliphatic carbocycles. The number of carbonyl (C=O) groups is 1. The number of primary amides is 1. The minimum Gasteiger partial charge on any atom is -0.370 e. The Morgan fingerprint density at radius 2 is 2.32 bits per heavy atom. The maximum absolute atomic E-state index is 10.9. The zero-order valence-corrected chi connectivity index (χ0v) is 11.6. The molecule has 4 nitrogen and oxygen atoms in total. The number of hydrogen-bond donors (Lipinski definition) is 2. The van der Waals surface area contributed by atoms with Gasteiger partial charge >= 0.3 is 0 Å². The van der Waals surface area contributed by atoms with Gasteiger partial charge < -0.3 is 11.1 Å². The van der Waals surface area contributed by atoms with Crippen molar-refractivity contribution in [2.24, 2.45) is 17.6 Å². The van der Waals surface area contributed by atoms with Crippen molar-refractivity contribution in [2.75, 3.05) is 11.9 Å². The van der Waals surface area contributed by atoms with Crippen molar-refractivity contribution < 1.29 is 4.79 Å². The summed E-state index contributed by atoms with van der Waals surface area (Å²) >= 11 is 0. The Balaban J connectivity index is 1.74. The van der Waals surface area contributed by atoms with Crippen molar-refractivity contribution >= 4 is 11.7 Å². The Kier molecular flexibility index (Phi) is 4.77. The van der Waals surface area contributed by atoms with Crippen LogP contribution in [-0.4, -0.2) is 17.4 Å². The second-order valence-electron chi connectivity index (χ2n) is 5.65. The second kappa shape index (κ2) is 6.55. The van der Waals surface area contributed by atoms with Crippen LogP contribution in [0.2, 0.25) is 0 Å². The Morgan fingerprint density at radius 3 is 2.95 bits per heavy atom. The van der Waals surface area contributed by atoms with E-state index in [-0.39, 0.29) is 0 Å². The van der Waals surface area contributed by atoms with Gasteiger partial charge in [-0.2, -0.15) is 0 Å². The Hall–Kier alpha value is -1.58. The van der Waals surface area contributed by atoms with E-state index >= 15 is 0 Å². The number of pyridine rings is 1. The van der Waals surface area contributed by atoms with E-state index in [9.17, 15) is 4.79 Å². The summed E-state index contributed by atoms with van der Waals surface area (Å²) in [7, 11) is 0. The molecule has 2 atom stereocenters. The monoisotopic (exact) mass is 261 g/mol. The van der Waals surface area contributed by atoms with E-state index in [0.717, 1.165) is 24.2 Å². The molecular formula is C15H23N3O. The number of carbonyl (C=O) groups excluding carboxylic acids is 1. The Morgan fingerprint density at radius 1 is 1.47 bits per heavy atom. The van der Waals surface area contributed by atoms with Gasteiger partial charge in [0.2, 0.25) is 5.91 Å². The molecule has 1 heterocycles. The van der Waals surface area contributed by atoms with Crippen molar-refractivity contribution in [1.29, 1.82) is 0 Å². The van der Waals surface area contributed by atoms with Gasteiger partial charge in [-0.15, -0.1) is 0 Å². The number of aromatic nitrogens is 1. The van der Waals surface area contributed by atoms with Crippen molar-refractivity contribution in [3.63, 3.8) is 0 Å². The van der Waals surface area contributed by atoms with Gasteiger partial charge in [-0.1, -0.05) is 26.2 Å². The molecule has 2 rings (SSSR count). The summed E-state index contributed by atoms with van der Waals surface area (Å²) < 4.78 is 0. The number of nitrogens with zero attached hydrogens (tertiary/aromatic N) is 1. The molecule has 19 heavy (non-hydrogen) atoms. The van der Waals surface area contributed by atoms with Crippen LogP contribution >= 0.6 is 0 Å². The van der Waals surface area contributed by atoms with Crippen molar-refractivity contribution in [3.05, 3.63) is 23.9 Å². The fourth-order valence-corrected chi connectivity index (χ4v) is 2.87.